The highest BCUT2D eigenvalue weighted by Crippen LogP contribution is 2.30. The van der Waals surface area contributed by atoms with Crippen LogP contribution >= 0.6 is 0 Å². The van der Waals surface area contributed by atoms with Crippen LogP contribution in [0, 0.1) is 0 Å². The topological polar surface area (TPSA) is 118 Å². The van der Waals surface area contributed by atoms with Crippen molar-refractivity contribution in [2.75, 3.05) is 31.9 Å². The number of fused-ring (bicyclic) bond motifs is 1. The molecule has 1 aliphatic heterocycles. The number of nitrogens with two attached hydrogens (primary N) is 1. The van der Waals surface area contributed by atoms with E-state index >= 15 is 0 Å². The van der Waals surface area contributed by atoms with Crippen molar-refractivity contribution in [1.29, 1.82) is 0 Å². The lowest BCUT2D eigenvalue weighted by molar-refractivity contribution is -0.130. The van der Waals surface area contributed by atoms with Gasteiger partial charge in [0.25, 0.3) is 5.91 Å². The summed E-state index contributed by atoms with van der Waals surface area (Å²) in [6.07, 6.45) is 4.88. The van der Waals surface area contributed by atoms with Gasteiger partial charge < -0.3 is 15.5 Å². The van der Waals surface area contributed by atoms with E-state index < -0.39 is 0 Å². The number of hydrogen-bond acceptors (Lipinski definition) is 7. The third kappa shape index (κ3) is 4.15. The van der Waals surface area contributed by atoms with Gasteiger partial charge in [0.05, 0.1) is 11.2 Å². The quantitative estimate of drug-likeness (QED) is 0.507. The Morgan fingerprint density at radius 2 is 1.56 bits per heavy atom. The Hall–Kier alpha value is -4.40. The minimum atomic E-state index is -0.0527. The maximum absolute atomic E-state index is 13.2. The van der Waals surface area contributed by atoms with Gasteiger partial charge in [0.2, 0.25) is 11.9 Å². The summed E-state index contributed by atoms with van der Waals surface area (Å²) in [5.74, 6) is 0.204. The first-order valence-corrected chi connectivity index (χ1v) is 11.0. The minimum Gasteiger partial charge on any atom is -0.368 e. The second-order valence-corrected chi connectivity index (χ2v) is 8.16. The molecule has 0 aliphatic carbocycles. The van der Waals surface area contributed by atoms with Gasteiger partial charge in [-0.3, -0.25) is 9.59 Å². The highest BCUT2D eigenvalue weighted by atomic mass is 16.2. The molecule has 0 bridgehead atoms. The molecule has 0 unspecified atom stereocenters. The summed E-state index contributed by atoms with van der Waals surface area (Å²) in [5.41, 5.74) is 10.3. The van der Waals surface area contributed by atoms with E-state index in [1.165, 1.54) is 6.33 Å². The van der Waals surface area contributed by atoms with Gasteiger partial charge >= 0.3 is 0 Å². The van der Waals surface area contributed by atoms with Crippen molar-refractivity contribution in [3.05, 3.63) is 66.7 Å². The fourth-order valence-electron chi connectivity index (χ4n) is 4.16. The fraction of sp³-hybridized carbons (Fsp3) is 0.200. The van der Waals surface area contributed by atoms with E-state index in [0.717, 1.165) is 33.3 Å². The number of piperazine rings is 1. The molecule has 170 valence electrons. The first kappa shape index (κ1) is 21.4. The molecule has 3 heterocycles. The summed E-state index contributed by atoms with van der Waals surface area (Å²) in [7, 11) is 0. The van der Waals surface area contributed by atoms with Gasteiger partial charge in [-0.1, -0.05) is 18.2 Å². The lowest BCUT2D eigenvalue weighted by Gasteiger charge is -2.34. The van der Waals surface area contributed by atoms with Crippen molar-refractivity contribution in [3.8, 4) is 22.4 Å². The molecule has 1 aliphatic rings. The van der Waals surface area contributed by atoms with E-state index in [4.69, 9.17) is 5.73 Å². The summed E-state index contributed by atoms with van der Waals surface area (Å²) in [6.45, 7) is 3.70. The molecule has 9 heteroatoms. The molecule has 34 heavy (non-hydrogen) atoms. The predicted octanol–water partition coefficient (Wildman–Crippen LogP) is 2.64. The van der Waals surface area contributed by atoms with Gasteiger partial charge in [0, 0.05) is 67.6 Å². The van der Waals surface area contributed by atoms with Crippen LogP contribution in [0.1, 0.15) is 17.3 Å². The number of rotatable bonds is 3. The lowest BCUT2D eigenvalue weighted by atomic mass is 10.0. The number of amides is 2. The Morgan fingerprint density at radius 1 is 0.824 bits per heavy atom. The average Bonchev–Trinajstić information content (AvgIpc) is 2.88. The summed E-state index contributed by atoms with van der Waals surface area (Å²) < 4.78 is 0. The van der Waals surface area contributed by atoms with Crippen molar-refractivity contribution < 1.29 is 9.59 Å². The van der Waals surface area contributed by atoms with Gasteiger partial charge in [0.1, 0.15) is 6.33 Å². The molecule has 2 aromatic heterocycles. The number of hydrogen-bond donors (Lipinski definition) is 1. The zero-order chi connectivity index (χ0) is 23.7. The Labute approximate surface area is 196 Å². The van der Waals surface area contributed by atoms with Crippen LogP contribution < -0.4 is 5.73 Å². The number of benzene rings is 2. The Morgan fingerprint density at radius 3 is 2.29 bits per heavy atom. The molecule has 9 nitrogen and oxygen atoms in total. The molecular formula is C25H23N7O2. The smallest absolute Gasteiger partial charge is 0.253 e. The predicted molar refractivity (Wildman–Crippen MR) is 129 cm³/mol. The van der Waals surface area contributed by atoms with Crippen LogP contribution in [-0.2, 0) is 4.79 Å². The maximum atomic E-state index is 13.2. The van der Waals surface area contributed by atoms with Crippen LogP contribution in [0.3, 0.4) is 0 Å². The summed E-state index contributed by atoms with van der Waals surface area (Å²) in [4.78, 5) is 45.4. The van der Waals surface area contributed by atoms with Gasteiger partial charge in [-0.15, -0.1) is 0 Å². The van der Waals surface area contributed by atoms with Crippen molar-refractivity contribution in [2.24, 2.45) is 0 Å². The molecule has 1 saturated heterocycles. The standard InChI is InChI=1S/C25H23N7O2/c1-16(33)31-7-9-32(10-8-31)24(34)19-4-2-3-18(11-19)23-21-12-17(5-6-22(21)29-15-30-23)20-13-27-25(26)28-14-20/h2-6,11-15H,7-10H2,1H3,(H2,26,27,28). The average molecular weight is 454 g/mol. The molecule has 0 spiro atoms. The number of nitrogens with zero attached hydrogens (tertiary/aromatic N) is 6. The SMILES string of the molecule is CC(=O)N1CCN(C(=O)c2cccc(-c3ncnc4ccc(-c5cnc(N)nc5)cc34)c2)CC1. The maximum Gasteiger partial charge on any atom is 0.253 e. The van der Waals surface area contributed by atoms with E-state index in [1.807, 2.05) is 42.5 Å². The Balaban J connectivity index is 1.47. The molecule has 2 N–H and O–H groups in total. The first-order chi connectivity index (χ1) is 16.5. The summed E-state index contributed by atoms with van der Waals surface area (Å²) in [6, 6.07) is 13.3. The van der Waals surface area contributed by atoms with E-state index in [2.05, 4.69) is 19.9 Å². The third-order valence-corrected chi connectivity index (χ3v) is 6.04. The van der Waals surface area contributed by atoms with E-state index in [9.17, 15) is 9.59 Å². The van der Waals surface area contributed by atoms with Crippen LogP contribution in [0.4, 0.5) is 5.95 Å². The molecule has 0 saturated carbocycles. The second-order valence-electron chi connectivity index (χ2n) is 8.16. The van der Waals surface area contributed by atoms with Gasteiger partial charge in [0.15, 0.2) is 0 Å². The molecule has 2 amide bonds. The molecular weight excluding hydrogens is 430 g/mol. The normalized spacial score (nSPS) is 13.8. The number of carbonyl (C=O) groups excluding carboxylic acids is 2. The first-order valence-electron chi connectivity index (χ1n) is 11.0. The second kappa shape index (κ2) is 8.86. The van der Waals surface area contributed by atoms with Gasteiger partial charge in [-0.25, -0.2) is 19.9 Å². The summed E-state index contributed by atoms with van der Waals surface area (Å²) in [5, 5.41) is 0.858. The zero-order valence-corrected chi connectivity index (χ0v) is 18.7. The molecule has 0 radical (unpaired) electrons. The van der Waals surface area contributed by atoms with Crippen LogP contribution in [0.2, 0.25) is 0 Å². The van der Waals surface area contributed by atoms with Crippen molar-refractivity contribution in [2.45, 2.75) is 6.92 Å². The van der Waals surface area contributed by atoms with Crippen molar-refractivity contribution >= 4 is 28.7 Å². The highest BCUT2D eigenvalue weighted by molar-refractivity contribution is 5.98. The highest BCUT2D eigenvalue weighted by Gasteiger charge is 2.23. The third-order valence-electron chi connectivity index (χ3n) is 6.04. The van der Waals surface area contributed by atoms with Crippen LogP contribution in [0.15, 0.2) is 61.2 Å². The number of carbonyl (C=O) groups is 2. The summed E-state index contributed by atoms with van der Waals surface area (Å²) >= 11 is 0. The Kier molecular flexibility index (Phi) is 5.59. The number of nitrogen functional groups attached to an aromatic ring is 1. The van der Waals surface area contributed by atoms with E-state index in [0.29, 0.717) is 31.7 Å². The Bertz CT molecular complexity index is 1380. The fourth-order valence-corrected chi connectivity index (χ4v) is 4.16. The monoisotopic (exact) mass is 453 g/mol. The van der Waals surface area contributed by atoms with Crippen LogP contribution in [0.25, 0.3) is 33.3 Å². The molecule has 4 aromatic rings. The number of aromatic nitrogens is 4. The van der Waals surface area contributed by atoms with E-state index in [-0.39, 0.29) is 17.8 Å². The molecule has 0 atom stereocenters. The largest absolute Gasteiger partial charge is 0.368 e. The molecule has 2 aromatic carbocycles. The van der Waals surface area contributed by atoms with Gasteiger partial charge in [-0.05, 0) is 29.8 Å². The molecule has 1 fully saturated rings. The number of anilines is 1. The van der Waals surface area contributed by atoms with Crippen molar-refractivity contribution in [3.63, 3.8) is 0 Å². The van der Waals surface area contributed by atoms with Crippen LogP contribution in [0.5, 0.6) is 0 Å². The van der Waals surface area contributed by atoms with Crippen molar-refractivity contribution in [1.82, 2.24) is 29.7 Å². The van der Waals surface area contributed by atoms with Gasteiger partial charge in [-0.2, -0.15) is 0 Å². The van der Waals surface area contributed by atoms with E-state index in [1.54, 1.807) is 29.1 Å². The molecule has 5 rings (SSSR count). The lowest BCUT2D eigenvalue weighted by Crippen LogP contribution is -2.50. The minimum absolute atomic E-state index is 0.0367. The van der Waals surface area contributed by atoms with Crippen LogP contribution in [-0.4, -0.2) is 67.7 Å². The zero-order valence-electron chi connectivity index (χ0n) is 18.7.